The molecule has 82 valence electrons. The van der Waals surface area contributed by atoms with Gasteiger partial charge < -0.3 is 4.90 Å². The third kappa shape index (κ3) is 2.39. The van der Waals surface area contributed by atoms with Crippen LogP contribution >= 0.6 is 0 Å². The highest BCUT2D eigenvalue weighted by molar-refractivity contribution is 5.93. The Kier molecular flexibility index (Phi) is 3.06. The first-order chi connectivity index (χ1) is 7.29. The molecule has 4 heteroatoms. The van der Waals surface area contributed by atoms with Gasteiger partial charge in [-0.2, -0.15) is 0 Å². The minimum Gasteiger partial charge on any atom is -0.354 e. The summed E-state index contributed by atoms with van der Waals surface area (Å²) in [4.78, 5) is 13.4. The summed E-state index contributed by atoms with van der Waals surface area (Å²) in [5.41, 5.74) is 3.64. The Balaban J connectivity index is 2.14. The second-order valence-corrected chi connectivity index (χ2v) is 4.11. The molecule has 1 amide bonds. The van der Waals surface area contributed by atoms with Crippen LogP contribution in [-0.4, -0.2) is 22.6 Å². The SMILES string of the molecule is O=C(NO)C1=CN2C=C(CCCCC2)C1. The van der Waals surface area contributed by atoms with E-state index >= 15 is 0 Å². The Morgan fingerprint density at radius 3 is 3.00 bits per heavy atom. The van der Waals surface area contributed by atoms with Gasteiger partial charge >= 0.3 is 0 Å². The summed E-state index contributed by atoms with van der Waals surface area (Å²) in [7, 11) is 0. The van der Waals surface area contributed by atoms with E-state index in [0.29, 0.717) is 12.0 Å². The van der Waals surface area contributed by atoms with E-state index < -0.39 is 0 Å². The highest BCUT2D eigenvalue weighted by atomic mass is 16.5. The van der Waals surface area contributed by atoms with E-state index in [4.69, 9.17) is 5.21 Å². The third-order valence-corrected chi connectivity index (χ3v) is 2.89. The second-order valence-electron chi connectivity index (χ2n) is 4.11. The van der Waals surface area contributed by atoms with Gasteiger partial charge in [0.15, 0.2) is 0 Å². The fourth-order valence-electron chi connectivity index (χ4n) is 2.12. The first kappa shape index (κ1) is 10.2. The molecule has 0 unspecified atom stereocenters. The summed E-state index contributed by atoms with van der Waals surface area (Å²) in [6, 6.07) is 0. The lowest BCUT2D eigenvalue weighted by Crippen LogP contribution is -2.27. The second kappa shape index (κ2) is 4.49. The average molecular weight is 208 g/mol. The first-order valence-electron chi connectivity index (χ1n) is 5.40. The van der Waals surface area contributed by atoms with Crippen molar-refractivity contribution in [1.82, 2.24) is 10.4 Å². The summed E-state index contributed by atoms with van der Waals surface area (Å²) >= 11 is 0. The van der Waals surface area contributed by atoms with E-state index in [-0.39, 0.29) is 5.91 Å². The molecule has 0 saturated heterocycles. The van der Waals surface area contributed by atoms with E-state index in [2.05, 4.69) is 11.1 Å². The van der Waals surface area contributed by atoms with Gasteiger partial charge in [0.1, 0.15) is 0 Å². The number of rotatable bonds is 1. The Morgan fingerprint density at radius 1 is 1.33 bits per heavy atom. The van der Waals surface area contributed by atoms with Gasteiger partial charge in [-0.15, -0.1) is 0 Å². The van der Waals surface area contributed by atoms with Crippen LogP contribution in [0.3, 0.4) is 0 Å². The molecule has 2 N–H and O–H groups in total. The number of nitrogens with one attached hydrogen (secondary N) is 1. The molecule has 0 aromatic rings. The molecular formula is C11H16N2O2. The molecule has 0 aliphatic carbocycles. The Morgan fingerprint density at radius 2 is 2.20 bits per heavy atom. The maximum absolute atomic E-state index is 11.3. The number of amides is 1. The van der Waals surface area contributed by atoms with E-state index in [1.807, 2.05) is 6.20 Å². The minimum atomic E-state index is -0.383. The number of hydrogen-bond acceptors (Lipinski definition) is 3. The van der Waals surface area contributed by atoms with Crippen molar-refractivity contribution in [3.05, 3.63) is 23.5 Å². The van der Waals surface area contributed by atoms with E-state index in [9.17, 15) is 4.79 Å². The Labute approximate surface area is 89.2 Å². The van der Waals surface area contributed by atoms with Crippen LogP contribution in [0, 0.1) is 0 Å². The van der Waals surface area contributed by atoms with Crippen LogP contribution < -0.4 is 5.48 Å². The molecule has 15 heavy (non-hydrogen) atoms. The molecule has 0 saturated carbocycles. The van der Waals surface area contributed by atoms with Crippen molar-refractivity contribution < 1.29 is 10.0 Å². The number of nitrogens with zero attached hydrogens (tertiary/aromatic N) is 1. The molecular weight excluding hydrogens is 192 g/mol. The van der Waals surface area contributed by atoms with Crippen LogP contribution in [0.4, 0.5) is 0 Å². The summed E-state index contributed by atoms with van der Waals surface area (Å²) in [5.74, 6) is -0.383. The van der Waals surface area contributed by atoms with Crippen molar-refractivity contribution in [2.24, 2.45) is 0 Å². The fourth-order valence-corrected chi connectivity index (χ4v) is 2.12. The summed E-state index contributed by atoms with van der Waals surface area (Å²) < 4.78 is 0. The maximum atomic E-state index is 11.3. The molecule has 0 atom stereocenters. The lowest BCUT2D eigenvalue weighted by molar-refractivity contribution is -0.125. The van der Waals surface area contributed by atoms with Crippen molar-refractivity contribution in [2.45, 2.75) is 32.1 Å². The molecule has 0 aromatic heterocycles. The molecule has 0 spiro atoms. The van der Waals surface area contributed by atoms with Gasteiger partial charge in [-0.25, -0.2) is 5.48 Å². The van der Waals surface area contributed by atoms with Crippen LogP contribution in [0.1, 0.15) is 32.1 Å². The highest BCUT2D eigenvalue weighted by Crippen LogP contribution is 2.26. The molecule has 2 rings (SSSR count). The van der Waals surface area contributed by atoms with Crippen LogP contribution in [0.25, 0.3) is 0 Å². The molecule has 2 bridgehead atoms. The van der Waals surface area contributed by atoms with Crippen LogP contribution in [0.2, 0.25) is 0 Å². The third-order valence-electron chi connectivity index (χ3n) is 2.89. The number of hydrogen-bond donors (Lipinski definition) is 2. The predicted molar refractivity (Wildman–Crippen MR) is 55.9 cm³/mol. The summed E-state index contributed by atoms with van der Waals surface area (Å²) in [6.45, 7) is 0.964. The van der Waals surface area contributed by atoms with Gasteiger partial charge in [-0.3, -0.25) is 10.0 Å². The highest BCUT2D eigenvalue weighted by Gasteiger charge is 2.18. The molecule has 0 fully saturated rings. The fraction of sp³-hybridized carbons (Fsp3) is 0.545. The predicted octanol–water partition coefficient (Wildman–Crippen LogP) is 1.54. The zero-order valence-corrected chi connectivity index (χ0v) is 8.70. The van der Waals surface area contributed by atoms with Crippen molar-refractivity contribution >= 4 is 5.91 Å². The zero-order valence-electron chi connectivity index (χ0n) is 8.70. The van der Waals surface area contributed by atoms with Gasteiger partial charge in [0.25, 0.3) is 5.91 Å². The van der Waals surface area contributed by atoms with Crippen molar-refractivity contribution in [1.29, 1.82) is 0 Å². The van der Waals surface area contributed by atoms with Crippen molar-refractivity contribution in [3.63, 3.8) is 0 Å². The topological polar surface area (TPSA) is 52.6 Å². The molecule has 2 heterocycles. The molecule has 0 radical (unpaired) electrons. The monoisotopic (exact) mass is 208 g/mol. The maximum Gasteiger partial charge on any atom is 0.272 e. The van der Waals surface area contributed by atoms with Gasteiger partial charge in [-0.05, 0) is 24.8 Å². The smallest absolute Gasteiger partial charge is 0.272 e. The van der Waals surface area contributed by atoms with E-state index in [1.165, 1.54) is 18.4 Å². The normalized spacial score (nSPS) is 21.0. The van der Waals surface area contributed by atoms with Crippen LogP contribution in [-0.2, 0) is 4.79 Å². The summed E-state index contributed by atoms with van der Waals surface area (Å²) in [6.07, 6.45) is 9.31. The largest absolute Gasteiger partial charge is 0.354 e. The zero-order chi connectivity index (χ0) is 10.7. The van der Waals surface area contributed by atoms with Gasteiger partial charge in [-0.1, -0.05) is 6.42 Å². The number of fused-ring (bicyclic) bond motifs is 1. The van der Waals surface area contributed by atoms with Crippen molar-refractivity contribution in [3.8, 4) is 0 Å². The molecule has 0 aromatic carbocycles. The number of carbonyl (C=O) groups is 1. The lowest BCUT2D eigenvalue weighted by atomic mass is 9.96. The summed E-state index contributed by atoms with van der Waals surface area (Å²) in [5, 5.41) is 8.60. The molecule has 2 aliphatic rings. The standard InChI is InChI=1S/C11H16N2O2/c14-11(12-15)10-6-9-4-2-1-3-5-13(7-9)8-10/h7-8,15H,1-6H2,(H,12,14). The number of allylic oxidation sites excluding steroid dienone is 1. The lowest BCUT2D eigenvalue weighted by Gasteiger charge is -2.26. The van der Waals surface area contributed by atoms with Gasteiger partial charge in [0, 0.05) is 30.9 Å². The van der Waals surface area contributed by atoms with E-state index in [1.54, 1.807) is 5.48 Å². The van der Waals surface area contributed by atoms with Crippen LogP contribution in [0.15, 0.2) is 23.5 Å². The minimum absolute atomic E-state index is 0.383. The molecule has 4 nitrogen and oxygen atoms in total. The van der Waals surface area contributed by atoms with E-state index in [0.717, 1.165) is 19.4 Å². The van der Waals surface area contributed by atoms with Gasteiger partial charge in [0.05, 0.1) is 0 Å². The Bertz CT molecular complexity index is 321. The average Bonchev–Trinajstić information content (AvgIpc) is 2.25. The molecule has 2 aliphatic heterocycles. The number of hydroxylamine groups is 1. The number of carbonyl (C=O) groups excluding carboxylic acids is 1. The van der Waals surface area contributed by atoms with Crippen LogP contribution in [0.5, 0.6) is 0 Å². The van der Waals surface area contributed by atoms with Crippen molar-refractivity contribution in [2.75, 3.05) is 6.54 Å². The van der Waals surface area contributed by atoms with Gasteiger partial charge in [0.2, 0.25) is 0 Å². The quantitative estimate of drug-likeness (QED) is 0.507. The Hall–Kier alpha value is -1.29. The first-order valence-corrected chi connectivity index (χ1v) is 5.40.